The third-order valence-corrected chi connectivity index (χ3v) is 2.29. The van der Waals surface area contributed by atoms with Crippen molar-refractivity contribution in [1.82, 2.24) is 5.16 Å². The Kier molecular flexibility index (Phi) is 2.76. The molecule has 0 atom stereocenters. The van der Waals surface area contributed by atoms with Crippen LogP contribution in [0.25, 0.3) is 11.0 Å². The molecule has 2 aromatic rings. The molecule has 1 aromatic carbocycles. The van der Waals surface area contributed by atoms with Crippen LogP contribution >= 0.6 is 0 Å². The van der Waals surface area contributed by atoms with E-state index >= 15 is 0 Å². The molecule has 0 saturated heterocycles. The molecule has 0 aliphatic rings. The van der Waals surface area contributed by atoms with Gasteiger partial charge in [-0.05, 0) is 12.1 Å². The van der Waals surface area contributed by atoms with Crippen LogP contribution < -0.4 is 4.74 Å². The largest absolute Gasteiger partial charge is 0.496 e. The molecule has 0 radical (unpaired) electrons. The molecule has 2 rings (SSSR count). The lowest BCUT2D eigenvalue weighted by Crippen LogP contribution is -2.05. The van der Waals surface area contributed by atoms with Gasteiger partial charge < -0.3 is 14.0 Å². The zero-order chi connectivity index (χ0) is 11.5. The predicted octanol–water partition coefficient (Wildman–Crippen LogP) is 1.55. The van der Waals surface area contributed by atoms with Crippen LogP contribution in [0.3, 0.4) is 0 Å². The molecule has 84 valence electrons. The zero-order valence-corrected chi connectivity index (χ0v) is 9.02. The van der Waals surface area contributed by atoms with Gasteiger partial charge in [0, 0.05) is 0 Å². The van der Waals surface area contributed by atoms with Gasteiger partial charge in [0.15, 0.2) is 5.58 Å². The molecular weight excluding hydrogens is 210 g/mol. The number of methoxy groups -OCH3 is 2. The van der Waals surface area contributed by atoms with E-state index in [0.29, 0.717) is 17.0 Å². The van der Waals surface area contributed by atoms with E-state index in [9.17, 15) is 4.79 Å². The fourth-order valence-corrected chi connectivity index (χ4v) is 1.52. The van der Waals surface area contributed by atoms with Crippen molar-refractivity contribution in [3.8, 4) is 5.75 Å². The quantitative estimate of drug-likeness (QED) is 0.736. The normalized spacial score (nSPS) is 10.4. The molecule has 5 nitrogen and oxygen atoms in total. The number of rotatable bonds is 3. The van der Waals surface area contributed by atoms with Crippen LogP contribution in [0.15, 0.2) is 22.7 Å². The second-order valence-corrected chi connectivity index (χ2v) is 3.22. The summed E-state index contributed by atoms with van der Waals surface area (Å²) in [5.74, 6) is 0.277. The van der Waals surface area contributed by atoms with E-state index < -0.39 is 0 Å². The number of nitrogens with zero attached hydrogens (tertiary/aromatic N) is 1. The molecule has 0 bridgehead atoms. The zero-order valence-electron chi connectivity index (χ0n) is 9.02. The van der Waals surface area contributed by atoms with E-state index in [-0.39, 0.29) is 12.4 Å². The van der Waals surface area contributed by atoms with Gasteiger partial charge in [-0.2, -0.15) is 0 Å². The highest BCUT2D eigenvalue weighted by molar-refractivity contribution is 5.89. The summed E-state index contributed by atoms with van der Waals surface area (Å²) in [7, 11) is 2.89. The van der Waals surface area contributed by atoms with Crippen LogP contribution in [0.4, 0.5) is 0 Å². The lowest BCUT2D eigenvalue weighted by atomic mass is 10.1. The first-order chi connectivity index (χ1) is 7.76. The van der Waals surface area contributed by atoms with Crippen LogP contribution in [-0.4, -0.2) is 25.3 Å². The van der Waals surface area contributed by atoms with Crippen LogP contribution in [-0.2, 0) is 16.0 Å². The fourth-order valence-electron chi connectivity index (χ4n) is 1.52. The van der Waals surface area contributed by atoms with Gasteiger partial charge in [0.05, 0.1) is 26.0 Å². The second-order valence-electron chi connectivity index (χ2n) is 3.22. The van der Waals surface area contributed by atoms with Gasteiger partial charge in [-0.1, -0.05) is 11.2 Å². The minimum absolute atomic E-state index is 0.0733. The summed E-state index contributed by atoms with van der Waals surface area (Å²) in [6.45, 7) is 0. The molecule has 0 N–H and O–H groups in total. The predicted molar refractivity (Wildman–Crippen MR) is 56.3 cm³/mol. The van der Waals surface area contributed by atoms with E-state index in [4.69, 9.17) is 9.26 Å². The van der Waals surface area contributed by atoms with Crippen molar-refractivity contribution in [3.63, 3.8) is 0 Å². The second kappa shape index (κ2) is 4.22. The third kappa shape index (κ3) is 1.71. The number of esters is 1. The van der Waals surface area contributed by atoms with E-state index in [1.807, 2.05) is 0 Å². The maximum atomic E-state index is 11.2. The maximum absolute atomic E-state index is 11.2. The molecule has 0 aliphatic carbocycles. The van der Waals surface area contributed by atoms with Crippen molar-refractivity contribution >= 4 is 16.9 Å². The van der Waals surface area contributed by atoms with Gasteiger partial charge in [-0.15, -0.1) is 0 Å². The molecule has 16 heavy (non-hydrogen) atoms. The Hall–Kier alpha value is -2.04. The standard InChI is InChI=1S/C11H11NO4/c1-14-8-4-3-5-9-11(8)7(12-16-9)6-10(13)15-2/h3-5H,6H2,1-2H3. The first-order valence-electron chi connectivity index (χ1n) is 4.74. The minimum atomic E-state index is -0.360. The number of carbonyl (C=O) groups is 1. The smallest absolute Gasteiger partial charge is 0.311 e. The average Bonchev–Trinajstić information content (AvgIpc) is 2.72. The molecule has 1 aromatic heterocycles. The van der Waals surface area contributed by atoms with E-state index in [0.717, 1.165) is 5.39 Å². The number of aromatic nitrogens is 1. The molecule has 0 unspecified atom stereocenters. The molecule has 1 heterocycles. The van der Waals surface area contributed by atoms with Crippen molar-refractivity contribution in [2.24, 2.45) is 0 Å². The first kappa shape index (κ1) is 10.5. The Labute approximate surface area is 91.9 Å². The number of ether oxygens (including phenoxy) is 2. The lowest BCUT2D eigenvalue weighted by molar-refractivity contribution is -0.139. The molecule has 0 spiro atoms. The monoisotopic (exact) mass is 221 g/mol. The summed E-state index contributed by atoms with van der Waals surface area (Å²) in [5.41, 5.74) is 1.12. The van der Waals surface area contributed by atoms with Crippen molar-refractivity contribution in [3.05, 3.63) is 23.9 Å². The Bertz CT molecular complexity index is 518. The summed E-state index contributed by atoms with van der Waals surface area (Å²) >= 11 is 0. The Morgan fingerprint density at radius 3 is 2.94 bits per heavy atom. The van der Waals surface area contributed by atoms with E-state index in [1.165, 1.54) is 7.11 Å². The highest BCUT2D eigenvalue weighted by Crippen LogP contribution is 2.28. The number of hydrogen-bond acceptors (Lipinski definition) is 5. The number of carbonyl (C=O) groups excluding carboxylic acids is 1. The molecule has 0 fully saturated rings. The number of hydrogen-bond donors (Lipinski definition) is 0. The average molecular weight is 221 g/mol. The Morgan fingerprint density at radius 1 is 1.44 bits per heavy atom. The maximum Gasteiger partial charge on any atom is 0.311 e. The Morgan fingerprint density at radius 2 is 2.25 bits per heavy atom. The van der Waals surface area contributed by atoms with Gasteiger partial charge in [0.25, 0.3) is 0 Å². The van der Waals surface area contributed by atoms with Crippen LogP contribution in [0, 0.1) is 0 Å². The van der Waals surface area contributed by atoms with Gasteiger partial charge in [-0.3, -0.25) is 4.79 Å². The Balaban J connectivity index is 2.49. The minimum Gasteiger partial charge on any atom is -0.496 e. The van der Waals surface area contributed by atoms with Crippen LogP contribution in [0.2, 0.25) is 0 Å². The molecule has 5 heteroatoms. The van der Waals surface area contributed by atoms with Crippen LogP contribution in [0.1, 0.15) is 5.69 Å². The van der Waals surface area contributed by atoms with Gasteiger partial charge >= 0.3 is 5.97 Å². The van der Waals surface area contributed by atoms with Gasteiger partial charge in [0.2, 0.25) is 0 Å². The van der Waals surface area contributed by atoms with E-state index in [1.54, 1.807) is 25.3 Å². The van der Waals surface area contributed by atoms with E-state index in [2.05, 4.69) is 9.89 Å². The highest BCUT2D eigenvalue weighted by atomic mass is 16.5. The summed E-state index contributed by atoms with van der Waals surface area (Å²) in [4.78, 5) is 11.2. The molecule has 0 amide bonds. The van der Waals surface area contributed by atoms with Crippen molar-refractivity contribution in [2.45, 2.75) is 6.42 Å². The topological polar surface area (TPSA) is 61.6 Å². The van der Waals surface area contributed by atoms with Gasteiger partial charge in [-0.25, -0.2) is 0 Å². The fraction of sp³-hybridized carbons (Fsp3) is 0.273. The SMILES string of the molecule is COC(=O)Cc1noc2cccc(OC)c12. The van der Waals surface area contributed by atoms with Crippen molar-refractivity contribution in [2.75, 3.05) is 14.2 Å². The van der Waals surface area contributed by atoms with Crippen molar-refractivity contribution < 1.29 is 18.8 Å². The van der Waals surface area contributed by atoms with Crippen LogP contribution in [0.5, 0.6) is 5.75 Å². The summed E-state index contributed by atoms with van der Waals surface area (Å²) in [6.07, 6.45) is 0.0733. The molecule has 0 aliphatic heterocycles. The first-order valence-corrected chi connectivity index (χ1v) is 4.74. The summed E-state index contributed by atoms with van der Waals surface area (Å²) < 4.78 is 14.9. The lowest BCUT2D eigenvalue weighted by Gasteiger charge is -2.01. The molecule has 0 saturated carbocycles. The third-order valence-electron chi connectivity index (χ3n) is 2.29. The summed E-state index contributed by atoms with van der Waals surface area (Å²) in [5, 5.41) is 4.55. The molecular formula is C11H11NO4. The number of fused-ring (bicyclic) bond motifs is 1. The number of benzene rings is 1. The van der Waals surface area contributed by atoms with Gasteiger partial charge in [0.1, 0.15) is 11.4 Å². The summed E-state index contributed by atoms with van der Waals surface area (Å²) in [6, 6.07) is 5.36. The van der Waals surface area contributed by atoms with Crippen molar-refractivity contribution in [1.29, 1.82) is 0 Å². The highest BCUT2D eigenvalue weighted by Gasteiger charge is 2.16.